The van der Waals surface area contributed by atoms with Gasteiger partial charge in [-0.2, -0.15) is 0 Å². The Morgan fingerprint density at radius 1 is 0.132 bits per heavy atom. The van der Waals surface area contributed by atoms with Gasteiger partial charge in [-0.15, -0.1) is 0 Å². The molecule has 14 aromatic carbocycles. The number of hydrogen-bond acceptors (Lipinski definition) is 0. The van der Waals surface area contributed by atoms with Crippen molar-refractivity contribution in [2.24, 2.45) is 0 Å². The molecule has 68 heavy (non-hydrogen) atoms. The fraction of sp³-hybridized carbons (Fsp3) is 0. The van der Waals surface area contributed by atoms with Crippen molar-refractivity contribution in [1.29, 1.82) is 0 Å². The Hall–Kier alpha value is -8.84. The summed E-state index contributed by atoms with van der Waals surface area (Å²) in [7, 11) is 0. The average molecular weight is 859 g/mol. The first-order chi connectivity index (χ1) is 33.8. The van der Waals surface area contributed by atoms with Crippen molar-refractivity contribution in [3.63, 3.8) is 0 Å². The largest absolute Gasteiger partial charge is 0.0622 e. The van der Waals surface area contributed by atoms with Crippen LogP contribution < -0.4 is 0 Å². The summed E-state index contributed by atoms with van der Waals surface area (Å²) in [5, 5.41) is 17.7. The Bertz CT molecular complexity index is 4000. The zero-order valence-corrected chi connectivity index (χ0v) is 37.2. The molecule has 314 valence electrons. The lowest BCUT2D eigenvalue weighted by atomic mass is 9.82. The first-order valence-corrected chi connectivity index (χ1v) is 23.7. The number of rotatable bonds is 6. The van der Waals surface area contributed by atoms with Gasteiger partial charge in [-0.3, -0.25) is 0 Å². The molecule has 0 N–H and O–H groups in total. The van der Waals surface area contributed by atoms with Crippen LogP contribution in [-0.4, -0.2) is 0 Å². The normalized spacial score (nSPS) is 11.8. The Morgan fingerprint density at radius 3 is 0.882 bits per heavy atom. The van der Waals surface area contributed by atoms with Crippen LogP contribution in [0.25, 0.3) is 142 Å². The highest BCUT2D eigenvalue weighted by Gasteiger charge is 2.21. The third-order valence-corrected chi connectivity index (χ3v) is 14.7. The monoisotopic (exact) mass is 858 g/mol. The van der Waals surface area contributed by atoms with Crippen LogP contribution in [0.15, 0.2) is 255 Å². The maximum Gasteiger partial charge on any atom is -0.00203 e. The van der Waals surface area contributed by atoms with Crippen LogP contribution in [-0.2, 0) is 0 Å². The molecule has 0 aliphatic carbocycles. The zero-order chi connectivity index (χ0) is 44.7. The van der Waals surface area contributed by atoms with E-state index in [0.29, 0.717) is 0 Å². The van der Waals surface area contributed by atoms with Crippen LogP contribution in [0.3, 0.4) is 0 Å². The van der Waals surface area contributed by atoms with E-state index in [0.717, 1.165) is 0 Å². The Kier molecular flexibility index (Phi) is 8.69. The molecule has 14 rings (SSSR count). The molecule has 0 heterocycles. The van der Waals surface area contributed by atoms with Crippen molar-refractivity contribution in [1.82, 2.24) is 0 Å². The van der Waals surface area contributed by atoms with Crippen molar-refractivity contribution in [2.45, 2.75) is 0 Å². The molecule has 0 aliphatic rings. The van der Waals surface area contributed by atoms with Gasteiger partial charge >= 0.3 is 0 Å². The molecule has 0 heteroatoms. The summed E-state index contributed by atoms with van der Waals surface area (Å²) < 4.78 is 0. The van der Waals surface area contributed by atoms with E-state index >= 15 is 0 Å². The van der Waals surface area contributed by atoms with Gasteiger partial charge in [-0.1, -0.05) is 255 Å². The molecular weight excluding hydrogens is 817 g/mol. The summed E-state index contributed by atoms with van der Waals surface area (Å²) in [6.45, 7) is 0. The molecule has 0 aromatic heterocycles. The fourth-order valence-electron chi connectivity index (χ4n) is 11.6. The molecule has 0 bridgehead atoms. The molecule has 0 atom stereocenters. The minimum atomic E-state index is 1.22. The van der Waals surface area contributed by atoms with Crippen LogP contribution in [0.2, 0.25) is 0 Å². The Labute approximate surface area is 395 Å². The lowest BCUT2D eigenvalue weighted by Gasteiger charge is -2.21. The summed E-state index contributed by atoms with van der Waals surface area (Å²) in [6, 6.07) is 94.7. The third-order valence-electron chi connectivity index (χ3n) is 14.7. The van der Waals surface area contributed by atoms with Crippen molar-refractivity contribution >= 4 is 75.4 Å². The van der Waals surface area contributed by atoms with Crippen molar-refractivity contribution in [2.75, 3.05) is 0 Å². The maximum absolute atomic E-state index is 2.37. The van der Waals surface area contributed by atoms with Gasteiger partial charge in [-0.25, -0.2) is 0 Å². The second-order valence-electron chi connectivity index (χ2n) is 18.2. The predicted molar refractivity (Wildman–Crippen MR) is 293 cm³/mol. The molecule has 0 saturated heterocycles. The van der Waals surface area contributed by atoms with Gasteiger partial charge < -0.3 is 0 Å². The Balaban J connectivity index is 1.01. The van der Waals surface area contributed by atoms with Crippen molar-refractivity contribution < 1.29 is 0 Å². The lowest BCUT2D eigenvalue weighted by Crippen LogP contribution is -1.93. The molecule has 14 aromatic rings. The zero-order valence-electron chi connectivity index (χ0n) is 37.2. The molecule has 0 unspecified atom stereocenters. The summed E-state index contributed by atoms with van der Waals surface area (Å²) in [4.78, 5) is 0. The quantitative estimate of drug-likeness (QED) is 0.146. The number of fused-ring (bicyclic) bond motifs is 4. The van der Waals surface area contributed by atoms with Crippen LogP contribution in [0.1, 0.15) is 0 Å². The van der Waals surface area contributed by atoms with E-state index in [1.807, 2.05) is 0 Å². The topological polar surface area (TPSA) is 0 Å². The van der Waals surface area contributed by atoms with E-state index in [1.54, 1.807) is 0 Å². The minimum absolute atomic E-state index is 1.22. The highest BCUT2D eigenvalue weighted by atomic mass is 14.2. The van der Waals surface area contributed by atoms with Crippen molar-refractivity contribution in [3.8, 4) is 66.8 Å². The van der Waals surface area contributed by atoms with Gasteiger partial charge in [0.2, 0.25) is 0 Å². The summed E-state index contributed by atoms with van der Waals surface area (Å²) in [5.41, 5.74) is 14.9. The standard InChI is InChI=1S/C68H42/c1-3-15-45(16-4-1)51-25-13-29-59-57(39-41-63(67(51)59)53-27-11-21-43-19-7-9-23-49(43)53)55-35-31-47-34-38-62-56(36-32-48-33-37-61(55)65(47)66(48)62)58-40-42-64(54-28-12-22-44-20-8-10-24-50(44)54)68-52(26-14-30-60(58)68)46-17-5-2-6-18-46/h1-42H. The molecule has 0 spiro atoms. The maximum atomic E-state index is 2.37. The highest BCUT2D eigenvalue weighted by Crippen LogP contribution is 2.49. The summed E-state index contributed by atoms with van der Waals surface area (Å²) in [5.74, 6) is 0. The van der Waals surface area contributed by atoms with Crippen LogP contribution in [0.4, 0.5) is 0 Å². The third kappa shape index (κ3) is 5.88. The van der Waals surface area contributed by atoms with Gasteiger partial charge in [-0.05, 0) is 142 Å². The van der Waals surface area contributed by atoms with Crippen LogP contribution in [0.5, 0.6) is 0 Å². The number of benzene rings is 14. The van der Waals surface area contributed by atoms with Crippen molar-refractivity contribution in [3.05, 3.63) is 255 Å². The highest BCUT2D eigenvalue weighted by molar-refractivity contribution is 6.30. The average Bonchev–Trinajstić information content (AvgIpc) is 3.41. The van der Waals surface area contributed by atoms with E-state index in [-0.39, 0.29) is 0 Å². The van der Waals surface area contributed by atoms with Gasteiger partial charge in [0.15, 0.2) is 0 Å². The fourth-order valence-corrected chi connectivity index (χ4v) is 11.6. The molecule has 0 saturated carbocycles. The molecular formula is C68H42. The second kappa shape index (κ2) is 15.4. The van der Waals surface area contributed by atoms with Crippen LogP contribution in [0, 0.1) is 0 Å². The molecule has 0 radical (unpaired) electrons. The van der Waals surface area contributed by atoms with E-state index in [4.69, 9.17) is 0 Å². The minimum Gasteiger partial charge on any atom is -0.0622 e. The molecule has 0 aliphatic heterocycles. The van der Waals surface area contributed by atoms with Gasteiger partial charge in [0, 0.05) is 0 Å². The van der Waals surface area contributed by atoms with Gasteiger partial charge in [0.05, 0.1) is 0 Å². The lowest BCUT2D eigenvalue weighted by molar-refractivity contribution is 1.63. The first kappa shape index (κ1) is 38.4. The van der Waals surface area contributed by atoms with Gasteiger partial charge in [0.1, 0.15) is 0 Å². The molecule has 0 nitrogen and oxygen atoms in total. The van der Waals surface area contributed by atoms with Crippen LogP contribution >= 0.6 is 0 Å². The molecule has 0 amide bonds. The van der Waals surface area contributed by atoms with E-state index in [2.05, 4.69) is 255 Å². The Morgan fingerprint density at radius 2 is 0.426 bits per heavy atom. The van der Waals surface area contributed by atoms with Gasteiger partial charge in [0.25, 0.3) is 0 Å². The smallest absolute Gasteiger partial charge is 0.00203 e. The summed E-state index contributed by atoms with van der Waals surface area (Å²) >= 11 is 0. The predicted octanol–water partition coefficient (Wildman–Crippen LogP) is 19.2. The van der Waals surface area contributed by atoms with E-state index in [9.17, 15) is 0 Å². The second-order valence-corrected chi connectivity index (χ2v) is 18.2. The van der Waals surface area contributed by atoms with E-state index < -0.39 is 0 Å². The first-order valence-electron chi connectivity index (χ1n) is 23.7. The summed E-state index contributed by atoms with van der Waals surface area (Å²) in [6.07, 6.45) is 0. The van der Waals surface area contributed by atoms with E-state index in [1.165, 1.54) is 142 Å². The molecule has 0 fully saturated rings. The SMILES string of the molecule is c1ccc(-c2cccc3c(-c4ccc5ccc6c(-c7ccc(-c8cccc9ccccc89)c8c(-c9ccccc9)cccc78)ccc7ccc4c5c76)ccc(-c4cccc5ccccc45)c23)cc1. The number of hydrogen-bond donors (Lipinski definition) is 0.